The first kappa shape index (κ1) is 24.8. The van der Waals surface area contributed by atoms with Crippen molar-refractivity contribution in [3.8, 4) is 5.75 Å². The summed E-state index contributed by atoms with van der Waals surface area (Å²) in [7, 11) is 0. The van der Waals surface area contributed by atoms with Crippen LogP contribution in [0.15, 0.2) is 66.7 Å². The summed E-state index contributed by atoms with van der Waals surface area (Å²) < 4.78 is 6.03. The number of aryl methyl sites for hydroxylation is 1. The molecule has 3 aromatic carbocycles. The highest BCUT2D eigenvalue weighted by molar-refractivity contribution is 5.90. The molecule has 4 rings (SSSR count). The van der Waals surface area contributed by atoms with Gasteiger partial charge in [0.25, 0.3) is 5.91 Å². The predicted molar refractivity (Wildman–Crippen MR) is 140 cm³/mol. The maximum Gasteiger partial charge on any atom is 0.261 e. The lowest BCUT2D eigenvalue weighted by atomic mass is 9.95. The molecule has 5 nitrogen and oxygen atoms in total. The molecule has 1 atom stereocenters. The lowest BCUT2D eigenvalue weighted by molar-refractivity contribution is -0.143. The van der Waals surface area contributed by atoms with Crippen LogP contribution in [0, 0.1) is 6.92 Å². The van der Waals surface area contributed by atoms with Crippen molar-refractivity contribution in [1.29, 1.82) is 0 Å². The number of nitrogens with zero attached hydrogens (tertiary/aromatic N) is 1. The summed E-state index contributed by atoms with van der Waals surface area (Å²) in [5.74, 6) is 0.422. The van der Waals surface area contributed by atoms with E-state index in [2.05, 4.69) is 5.32 Å². The number of carbonyl (C=O) groups is 2. The summed E-state index contributed by atoms with van der Waals surface area (Å²) in [6, 6.07) is 21.5. The number of hydrogen-bond donors (Lipinski definition) is 1. The van der Waals surface area contributed by atoms with Gasteiger partial charge in [0.15, 0.2) is 6.61 Å². The van der Waals surface area contributed by atoms with Gasteiger partial charge in [0.05, 0.1) is 0 Å². The molecule has 1 N–H and O–H groups in total. The van der Waals surface area contributed by atoms with Gasteiger partial charge in [-0.25, -0.2) is 0 Å². The average Bonchev–Trinajstić information content (AvgIpc) is 2.88. The maximum absolute atomic E-state index is 13.6. The largest absolute Gasteiger partial charge is 0.483 e. The number of carbonyl (C=O) groups excluding carboxylic acids is 2. The SMILES string of the molecule is CC[C@@H](C(=O)NC1CCCCC1)N(Cc1ccccc1C)C(=O)COc1cccc2ccccc12. The van der Waals surface area contributed by atoms with Gasteiger partial charge in [-0.3, -0.25) is 9.59 Å². The highest BCUT2D eigenvalue weighted by Gasteiger charge is 2.31. The van der Waals surface area contributed by atoms with E-state index in [1.54, 1.807) is 4.90 Å². The second-order valence-electron chi connectivity index (χ2n) is 9.48. The average molecular weight is 473 g/mol. The fraction of sp³-hybridized carbons (Fsp3) is 0.400. The van der Waals surface area contributed by atoms with E-state index >= 15 is 0 Å². The molecule has 184 valence electrons. The van der Waals surface area contributed by atoms with Crippen LogP contribution < -0.4 is 10.1 Å². The Bertz CT molecular complexity index is 1150. The predicted octanol–water partition coefficient (Wildman–Crippen LogP) is 5.78. The number of ether oxygens (including phenoxy) is 1. The first-order chi connectivity index (χ1) is 17.1. The Kier molecular flexibility index (Phi) is 8.40. The fourth-order valence-electron chi connectivity index (χ4n) is 4.98. The molecule has 35 heavy (non-hydrogen) atoms. The standard InChI is InChI=1S/C30H36N2O3/c1-3-27(30(34)31-25-16-5-4-6-17-25)32(20-24-14-8-7-12-22(24)2)29(33)21-35-28-19-11-15-23-13-9-10-18-26(23)28/h7-15,18-19,25,27H,3-6,16-17,20-21H2,1-2H3,(H,31,34)/t27-/m0/s1. The van der Waals surface area contributed by atoms with E-state index in [1.165, 1.54) is 6.42 Å². The Morgan fingerprint density at radius 1 is 0.971 bits per heavy atom. The van der Waals surface area contributed by atoms with Crippen LogP contribution in [0.3, 0.4) is 0 Å². The molecule has 0 heterocycles. The van der Waals surface area contributed by atoms with Crippen molar-refractivity contribution in [3.63, 3.8) is 0 Å². The quantitative estimate of drug-likeness (QED) is 0.429. The van der Waals surface area contributed by atoms with E-state index in [9.17, 15) is 9.59 Å². The minimum Gasteiger partial charge on any atom is -0.483 e. The Morgan fingerprint density at radius 3 is 2.46 bits per heavy atom. The minimum atomic E-state index is -0.542. The molecular weight excluding hydrogens is 436 g/mol. The molecule has 0 saturated heterocycles. The summed E-state index contributed by atoms with van der Waals surface area (Å²) in [6.45, 7) is 4.26. The first-order valence-corrected chi connectivity index (χ1v) is 12.8. The molecule has 0 aliphatic heterocycles. The number of benzene rings is 3. The van der Waals surface area contributed by atoms with Crippen molar-refractivity contribution >= 4 is 22.6 Å². The van der Waals surface area contributed by atoms with Crippen molar-refractivity contribution < 1.29 is 14.3 Å². The molecule has 1 aliphatic rings. The van der Waals surface area contributed by atoms with Crippen LogP contribution in [0.2, 0.25) is 0 Å². The number of hydrogen-bond acceptors (Lipinski definition) is 3. The van der Waals surface area contributed by atoms with Crippen LogP contribution in [0.25, 0.3) is 10.8 Å². The molecule has 2 amide bonds. The molecule has 1 aliphatic carbocycles. The van der Waals surface area contributed by atoms with Gasteiger partial charge in [0.1, 0.15) is 11.8 Å². The van der Waals surface area contributed by atoms with Crippen molar-refractivity contribution in [2.24, 2.45) is 0 Å². The third-order valence-corrected chi connectivity index (χ3v) is 7.04. The van der Waals surface area contributed by atoms with E-state index in [0.29, 0.717) is 18.7 Å². The third kappa shape index (κ3) is 6.21. The van der Waals surface area contributed by atoms with E-state index in [-0.39, 0.29) is 24.5 Å². The van der Waals surface area contributed by atoms with E-state index < -0.39 is 6.04 Å². The van der Waals surface area contributed by atoms with Crippen LogP contribution in [-0.4, -0.2) is 35.4 Å². The second kappa shape index (κ2) is 11.9. The highest BCUT2D eigenvalue weighted by Crippen LogP contribution is 2.26. The zero-order valence-corrected chi connectivity index (χ0v) is 20.8. The van der Waals surface area contributed by atoms with E-state index in [4.69, 9.17) is 4.74 Å². The molecule has 0 spiro atoms. The Morgan fingerprint density at radius 2 is 1.69 bits per heavy atom. The lowest BCUT2D eigenvalue weighted by Crippen LogP contribution is -2.52. The zero-order valence-electron chi connectivity index (χ0n) is 20.8. The van der Waals surface area contributed by atoms with Gasteiger partial charge in [0.2, 0.25) is 5.91 Å². The van der Waals surface area contributed by atoms with Crippen LogP contribution in [0.1, 0.15) is 56.6 Å². The molecule has 0 aromatic heterocycles. The van der Waals surface area contributed by atoms with Crippen LogP contribution in [0.5, 0.6) is 5.75 Å². The van der Waals surface area contributed by atoms with Crippen molar-refractivity contribution in [2.75, 3.05) is 6.61 Å². The van der Waals surface area contributed by atoms with Crippen LogP contribution in [0.4, 0.5) is 0 Å². The zero-order chi connectivity index (χ0) is 24.6. The second-order valence-corrected chi connectivity index (χ2v) is 9.48. The van der Waals surface area contributed by atoms with Gasteiger partial charge in [-0.2, -0.15) is 0 Å². The number of rotatable bonds is 9. The normalized spacial score (nSPS) is 14.9. The van der Waals surface area contributed by atoms with Gasteiger partial charge < -0.3 is 15.0 Å². The summed E-state index contributed by atoms with van der Waals surface area (Å²) >= 11 is 0. The molecule has 1 fully saturated rings. The summed E-state index contributed by atoms with van der Waals surface area (Å²) in [5.41, 5.74) is 2.14. The summed E-state index contributed by atoms with van der Waals surface area (Å²) in [5, 5.41) is 5.26. The Labute approximate surface area is 208 Å². The lowest BCUT2D eigenvalue weighted by Gasteiger charge is -2.33. The smallest absolute Gasteiger partial charge is 0.261 e. The fourth-order valence-corrected chi connectivity index (χ4v) is 4.98. The Balaban J connectivity index is 1.54. The number of amides is 2. The monoisotopic (exact) mass is 472 g/mol. The molecule has 1 saturated carbocycles. The number of fused-ring (bicyclic) bond motifs is 1. The van der Waals surface area contributed by atoms with Gasteiger partial charge in [-0.05, 0) is 48.8 Å². The molecular formula is C30H36N2O3. The Hall–Kier alpha value is -3.34. The van der Waals surface area contributed by atoms with Gasteiger partial charge >= 0.3 is 0 Å². The van der Waals surface area contributed by atoms with Crippen LogP contribution >= 0.6 is 0 Å². The van der Waals surface area contributed by atoms with Crippen LogP contribution in [-0.2, 0) is 16.1 Å². The van der Waals surface area contributed by atoms with Crippen molar-refractivity contribution in [2.45, 2.75) is 71.0 Å². The number of nitrogens with one attached hydrogen (secondary N) is 1. The van der Waals surface area contributed by atoms with E-state index in [1.807, 2.05) is 80.6 Å². The van der Waals surface area contributed by atoms with Gasteiger partial charge in [0, 0.05) is 18.0 Å². The third-order valence-electron chi connectivity index (χ3n) is 7.04. The highest BCUT2D eigenvalue weighted by atomic mass is 16.5. The van der Waals surface area contributed by atoms with Crippen molar-refractivity contribution in [3.05, 3.63) is 77.9 Å². The van der Waals surface area contributed by atoms with Gasteiger partial charge in [-0.15, -0.1) is 0 Å². The molecule has 0 bridgehead atoms. The minimum absolute atomic E-state index is 0.0634. The molecule has 3 aromatic rings. The topological polar surface area (TPSA) is 58.6 Å². The molecule has 0 radical (unpaired) electrons. The van der Waals surface area contributed by atoms with Crippen molar-refractivity contribution in [1.82, 2.24) is 10.2 Å². The maximum atomic E-state index is 13.6. The first-order valence-electron chi connectivity index (χ1n) is 12.8. The summed E-state index contributed by atoms with van der Waals surface area (Å²) in [6.07, 6.45) is 6.09. The summed E-state index contributed by atoms with van der Waals surface area (Å²) in [4.78, 5) is 28.7. The molecule has 5 heteroatoms. The molecule has 0 unspecified atom stereocenters. The van der Waals surface area contributed by atoms with E-state index in [0.717, 1.165) is 47.6 Å². The van der Waals surface area contributed by atoms with Gasteiger partial charge in [-0.1, -0.05) is 86.8 Å².